The molecule has 0 bridgehead atoms. The number of fused-ring (bicyclic) bond motifs is 1. The van der Waals surface area contributed by atoms with Crippen LogP contribution < -0.4 is 10.9 Å². The van der Waals surface area contributed by atoms with Crippen molar-refractivity contribution in [3.63, 3.8) is 0 Å². The second-order valence-electron chi connectivity index (χ2n) is 9.29. The molecule has 2 aliphatic heterocycles. The summed E-state index contributed by atoms with van der Waals surface area (Å²) in [5.41, 5.74) is 4.56. The second-order valence-corrected chi connectivity index (χ2v) is 9.29. The van der Waals surface area contributed by atoms with Gasteiger partial charge in [-0.25, -0.2) is 9.67 Å². The lowest BCUT2D eigenvalue weighted by molar-refractivity contribution is 0.0627. The van der Waals surface area contributed by atoms with E-state index in [1.54, 1.807) is 6.07 Å². The largest absolute Gasteiger partial charge is 0.381 e. The van der Waals surface area contributed by atoms with Gasteiger partial charge < -0.3 is 19.9 Å². The number of aromatic amines is 1. The van der Waals surface area contributed by atoms with E-state index in [9.17, 15) is 9.59 Å². The van der Waals surface area contributed by atoms with Gasteiger partial charge in [0.05, 0.1) is 22.8 Å². The average Bonchev–Trinajstić information content (AvgIpc) is 3.29. The molecule has 10 heteroatoms. The van der Waals surface area contributed by atoms with E-state index in [-0.39, 0.29) is 11.5 Å². The number of carbonyl (C=O) groups is 1. The van der Waals surface area contributed by atoms with Crippen LogP contribution in [0.2, 0.25) is 0 Å². The summed E-state index contributed by atoms with van der Waals surface area (Å²) in [6.07, 6.45) is 5.38. The summed E-state index contributed by atoms with van der Waals surface area (Å²) in [5.74, 6) is -0.0472. The Labute approximate surface area is 204 Å². The topological polar surface area (TPSA) is 108 Å². The minimum absolute atomic E-state index is 0.0472. The first-order valence-electron chi connectivity index (χ1n) is 12.4. The van der Waals surface area contributed by atoms with Crippen LogP contribution in [0.1, 0.15) is 41.4 Å². The van der Waals surface area contributed by atoms with E-state index in [0.29, 0.717) is 24.7 Å². The summed E-state index contributed by atoms with van der Waals surface area (Å²) < 4.78 is 7.51. The molecule has 2 saturated heterocycles. The SMILES string of the molecule is CCn1ncc2c(NC3CCOCC3)c(CN3CCN(C(=O)c4ccc(=O)[nH]c4)CC3)c(C)nc21. The molecule has 3 aromatic rings. The van der Waals surface area contributed by atoms with E-state index in [2.05, 4.69) is 34.1 Å². The second kappa shape index (κ2) is 10.2. The maximum Gasteiger partial charge on any atom is 0.255 e. The van der Waals surface area contributed by atoms with Crippen LogP contribution in [0.5, 0.6) is 0 Å². The predicted octanol–water partition coefficient (Wildman–Crippen LogP) is 2.00. The Bertz CT molecular complexity index is 1230. The molecule has 0 saturated carbocycles. The highest BCUT2D eigenvalue weighted by Gasteiger charge is 2.26. The lowest BCUT2D eigenvalue weighted by Crippen LogP contribution is -2.48. The number of piperazine rings is 1. The highest BCUT2D eigenvalue weighted by Crippen LogP contribution is 2.31. The molecule has 0 aromatic carbocycles. The van der Waals surface area contributed by atoms with Gasteiger partial charge in [0.2, 0.25) is 5.56 Å². The Morgan fingerprint density at radius 3 is 2.66 bits per heavy atom. The molecule has 5 heterocycles. The summed E-state index contributed by atoms with van der Waals surface area (Å²) in [5, 5.41) is 9.45. The Balaban J connectivity index is 1.34. The Morgan fingerprint density at radius 2 is 1.97 bits per heavy atom. The number of ether oxygens (including phenoxy) is 1. The van der Waals surface area contributed by atoms with Crippen molar-refractivity contribution < 1.29 is 9.53 Å². The van der Waals surface area contributed by atoms with Crippen molar-refractivity contribution in [3.8, 4) is 0 Å². The van der Waals surface area contributed by atoms with Crippen molar-refractivity contribution in [2.45, 2.75) is 45.8 Å². The summed E-state index contributed by atoms with van der Waals surface area (Å²) >= 11 is 0. The van der Waals surface area contributed by atoms with Crippen LogP contribution in [0, 0.1) is 6.92 Å². The third kappa shape index (κ3) is 4.94. The minimum Gasteiger partial charge on any atom is -0.381 e. The zero-order valence-electron chi connectivity index (χ0n) is 20.4. The molecule has 3 aromatic heterocycles. The third-order valence-electron chi connectivity index (χ3n) is 7.03. The van der Waals surface area contributed by atoms with Gasteiger partial charge in [-0.3, -0.25) is 14.5 Å². The summed E-state index contributed by atoms with van der Waals surface area (Å²) in [6, 6.07) is 3.34. The van der Waals surface area contributed by atoms with E-state index in [1.165, 1.54) is 17.8 Å². The van der Waals surface area contributed by atoms with Crippen LogP contribution in [0.15, 0.2) is 29.3 Å². The number of pyridine rings is 2. The minimum atomic E-state index is -0.207. The molecule has 0 radical (unpaired) electrons. The first-order chi connectivity index (χ1) is 17.0. The smallest absolute Gasteiger partial charge is 0.255 e. The van der Waals surface area contributed by atoms with Crippen LogP contribution in [-0.2, 0) is 17.8 Å². The number of hydrogen-bond donors (Lipinski definition) is 2. The van der Waals surface area contributed by atoms with Gasteiger partial charge in [-0.05, 0) is 32.8 Å². The quantitative estimate of drug-likeness (QED) is 0.557. The first-order valence-corrected chi connectivity index (χ1v) is 12.4. The summed E-state index contributed by atoms with van der Waals surface area (Å²) in [6.45, 7) is 10.1. The van der Waals surface area contributed by atoms with Gasteiger partial charge >= 0.3 is 0 Å². The molecular formula is C25H33N7O3. The molecular weight excluding hydrogens is 446 g/mol. The van der Waals surface area contributed by atoms with Crippen molar-refractivity contribution >= 4 is 22.6 Å². The molecule has 2 N–H and O–H groups in total. The number of aromatic nitrogens is 4. The van der Waals surface area contributed by atoms with E-state index < -0.39 is 0 Å². The van der Waals surface area contributed by atoms with Crippen LogP contribution in [-0.4, -0.2) is 80.9 Å². The number of nitrogens with one attached hydrogen (secondary N) is 2. The fraction of sp³-hybridized carbons (Fsp3) is 0.520. The van der Waals surface area contributed by atoms with E-state index in [0.717, 1.165) is 74.6 Å². The van der Waals surface area contributed by atoms with Gasteiger partial charge in [-0.15, -0.1) is 0 Å². The highest BCUT2D eigenvalue weighted by molar-refractivity contribution is 5.94. The number of H-pyrrole nitrogens is 1. The van der Waals surface area contributed by atoms with Gasteiger partial charge in [-0.2, -0.15) is 5.10 Å². The Hall–Kier alpha value is -3.24. The maximum atomic E-state index is 12.8. The van der Waals surface area contributed by atoms with Crippen LogP contribution in [0.4, 0.5) is 5.69 Å². The lowest BCUT2D eigenvalue weighted by Gasteiger charge is -2.35. The van der Waals surface area contributed by atoms with Gasteiger partial charge in [0.25, 0.3) is 5.91 Å². The number of hydrogen-bond acceptors (Lipinski definition) is 7. The molecule has 35 heavy (non-hydrogen) atoms. The van der Waals surface area contributed by atoms with E-state index in [4.69, 9.17) is 9.72 Å². The standard InChI is InChI=1S/C25H33N7O3/c1-3-32-24-20(15-27-32)23(29-19-6-12-35-13-7-19)21(17(2)28-24)16-30-8-10-31(11-9-30)25(34)18-4-5-22(33)26-14-18/h4-5,14-15,19H,3,6-13,16H2,1-2H3,(H,26,33)(H,28,29). The predicted molar refractivity (Wildman–Crippen MR) is 134 cm³/mol. The molecule has 10 nitrogen and oxygen atoms in total. The van der Waals surface area contributed by atoms with Crippen LogP contribution in [0.3, 0.4) is 0 Å². The summed E-state index contributed by atoms with van der Waals surface area (Å²) in [7, 11) is 0. The number of aryl methyl sites for hydroxylation is 2. The van der Waals surface area contributed by atoms with Crippen molar-refractivity contribution in [2.75, 3.05) is 44.7 Å². The zero-order valence-corrected chi connectivity index (χ0v) is 20.4. The molecule has 1 amide bonds. The molecule has 0 aliphatic carbocycles. The van der Waals surface area contributed by atoms with Crippen LogP contribution in [0.25, 0.3) is 11.0 Å². The van der Waals surface area contributed by atoms with Gasteiger partial charge in [0, 0.05) is 82.0 Å². The number of rotatable bonds is 6. The Morgan fingerprint density at radius 1 is 1.20 bits per heavy atom. The lowest BCUT2D eigenvalue weighted by atomic mass is 10.0. The van der Waals surface area contributed by atoms with E-state index >= 15 is 0 Å². The van der Waals surface area contributed by atoms with E-state index in [1.807, 2.05) is 15.8 Å². The van der Waals surface area contributed by atoms with Gasteiger partial charge in [-0.1, -0.05) is 0 Å². The zero-order chi connectivity index (χ0) is 24.4. The van der Waals surface area contributed by atoms with Crippen molar-refractivity contribution in [3.05, 3.63) is 51.7 Å². The van der Waals surface area contributed by atoms with Gasteiger partial charge in [0.1, 0.15) is 0 Å². The molecule has 186 valence electrons. The highest BCUT2D eigenvalue weighted by atomic mass is 16.5. The number of nitrogens with zero attached hydrogens (tertiary/aromatic N) is 5. The molecule has 2 fully saturated rings. The van der Waals surface area contributed by atoms with Crippen molar-refractivity contribution in [1.29, 1.82) is 0 Å². The summed E-state index contributed by atoms with van der Waals surface area (Å²) in [4.78, 5) is 35.9. The monoisotopic (exact) mass is 479 g/mol. The third-order valence-corrected chi connectivity index (χ3v) is 7.03. The molecule has 0 unspecified atom stereocenters. The number of carbonyl (C=O) groups excluding carboxylic acids is 1. The fourth-order valence-electron chi connectivity index (χ4n) is 4.94. The molecule has 0 spiro atoms. The number of amides is 1. The molecule has 2 aliphatic rings. The Kier molecular flexibility index (Phi) is 6.83. The first kappa shape index (κ1) is 23.5. The maximum absolute atomic E-state index is 12.8. The fourth-order valence-corrected chi connectivity index (χ4v) is 4.94. The normalized spacial score (nSPS) is 17.7. The van der Waals surface area contributed by atoms with Crippen molar-refractivity contribution in [2.24, 2.45) is 0 Å². The number of anilines is 1. The molecule has 0 atom stereocenters. The van der Waals surface area contributed by atoms with Gasteiger partial charge in [0.15, 0.2) is 5.65 Å². The van der Waals surface area contributed by atoms with Crippen molar-refractivity contribution in [1.82, 2.24) is 29.5 Å². The molecule has 5 rings (SSSR count). The average molecular weight is 480 g/mol. The van der Waals surface area contributed by atoms with Crippen LogP contribution >= 0.6 is 0 Å².